The van der Waals surface area contributed by atoms with Gasteiger partial charge in [-0.1, -0.05) is 212 Å². The molecular weight excluding hydrogens is 679 g/mol. The minimum Gasteiger partial charge on any atom is -0.208 e. The Morgan fingerprint density at radius 3 is 1.11 bits per heavy atom. The number of benzene rings is 8. The number of hydrogen-bond donors (Lipinski definition) is 0. The zero-order valence-electron chi connectivity index (χ0n) is 30.5. The molecule has 0 bridgehead atoms. The number of hydrogen-bond acceptors (Lipinski definition) is 3. The number of fused-ring (bicyclic) bond motifs is 9. The molecule has 3 nitrogen and oxygen atoms in total. The molecule has 1 heterocycles. The van der Waals surface area contributed by atoms with Crippen LogP contribution in [-0.4, -0.2) is 15.0 Å². The van der Waals surface area contributed by atoms with Gasteiger partial charge in [0.05, 0.1) is 10.8 Å². The van der Waals surface area contributed by atoms with E-state index in [0.717, 1.165) is 22.3 Å². The lowest BCUT2D eigenvalue weighted by Gasteiger charge is -2.50. The van der Waals surface area contributed by atoms with Crippen molar-refractivity contribution in [1.29, 1.82) is 0 Å². The predicted molar refractivity (Wildman–Crippen MR) is 225 cm³/mol. The lowest BCUT2D eigenvalue weighted by atomic mass is 9.51. The van der Waals surface area contributed by atoms with E-state index in [2.05, 4.69) is 176 Å². The quantitative estimate of drug-likeness (QED) is 0.178. The maximum Gasteiger partial charge on any atom is 0.164 e. The van der Waals surface area contributed by atoms with Gasteiger partial charge < -0.3 is 0 Å². The first-order valence-electron chi connectivity index (χ1n) is 19.2. The summed E-state index contributed by atoms with van der Waals surface area (Å²) in [6, 6.07) is 76.5. The van der Waals surface area contributed by atoms with Crippen molar-refractivity contribution < 1.29 is 0 Å². The lowest BCUT2D eigenvalue weighted by molar-refractivity contribution is 0.623. The highest BCUT2D eigenvalue weighted by atomic mass is 15.0. The second-order valence-electron chi connectivity index (χ2n) is 14.6. The number of nitrogens with zero attached hydrogens (tertiary/aromatic N) is 3. The minimum absolute atomic E-state index is 0.556. The second kappa shape index (κ2) is 12.7. The van der Waals surface area contributed by atoms with Crippen LogP contribution in [0.1, 0.15) is 44.5 Å². The fraction of sp³-hybridized carbons (Fsp3) is 0.0377. The van der Waals surface area contributed by atoms with Crippen LogP contribution in [0.5, 0.6) is 0 Å². The van der Waals surface area contributed by atoms with Crippen LogP contribution in [0.4, 0.5) is 0 Å². The molecule has 0 saturated carbocycles. The average Bonchev–Trinajstić information content (AvgIpc) is 3.59. The maximum absolute atomic E-state index is 5.25. The fourth-order valence-corrected chi connectivity index (χ4v) is 9.75. The summed E-state index contributed by atoms with van der Waals surface area (Å²) < 4.78 is 0. The van der Waals surface area contributed by atoms with Crippen molar-refractivity contribution in [3.05, 3.63) is 257 Å². The van der Waals surface area contributed by atoms with Gasteiger partial charge in [0.2, 0.25) is 0 Å². The molecule has 2 aliphatic carbocycles. The first-order valence-corrected chi connectivity index (χ1v) is 19.2. The smallest absolute Gasteiger partial charge is 0.164 e. The Hall–Kier alpha value is -7.23. The molecule has 3 heteroatoms. The van der Waals surface area contributed by atoms with Gasteiger partial charge >= 0.3 is 0 Å². The summed E-state index contributed by atoms with van der Waals surface area (Å²) in [6.07, 6.45) is 0. The molecule has 8 aromatic carbocycles. The SMILES string of the molecule is c1ccc(-c2nc(-c3ccccc3)nc(-c3cccc4c3-c3ccccc3C43c4ccccc4C(c4ccccc4)(c4ccccc4)c4ccccc43)n2)cc1. The molecule has 9 aromatic rings. The standard InChI is InChI=1S/C53H35N3/c1-5-20-36(21-6-1)49-54-50(37-22-7-2-8-23-37)56-51(55-49)41-29-19-35-47-48(41)40-28-13-14-30-42(40)53(47)45-33-17-15-31-43(45)52(38-24-9-3-10-25-38,39-26-11-4-12-27-39)44-32-16-18-34-46(44)53/h1-35H. The number of rotatable bonds is 5. The predicted octanol–water partition coefficient (Wildman–Crippen LogP) is 11.9. The van der Waals surface area contributed by atoms with Crippen LogP contribution < -0.4 is 0 Å². The summed E-state index contributed by atoms with van der Waals surface area (Å²) in [6.45, 7) is 0. The monoisotopic (exact) mass is 713 g/mol. The third-order valence-electron chi connectivity index (χ3n) is 11.9. The fourth-order valence-electron chi connectivity index (χ4n) is 9.75. The van der Waals surface area contributed by atoms with Crippen molar-refractivity contribution in [2.24, 2.45) is 0 Å². The Bertz CT molecular complexity index is 2760. The number of aromatic nitrogens is 3. The molecule has 262 valence electrons. The van der Waals surface area contributed by atoms with Gasteiger partial charge in [-0.25, -0.2) is 15.0 Å². The molecule has 0 fully saturated rings. The summed E-state index contributed by atoms with van der Waals surface area (Å²) in [5.74, 6) is 1.95. The maximum atomic E-state index is 5.25. The van der Waals surface area contributed by atoms with E-state index in [1.807, 2.05) is 36.4 Å². The van der Waals surface area contributed by atoms with Gasteiger partial charge in [-0.05, 0) is 55.6 Å². The molecule has 0 atom stereocenters. The van der Waals surface area contributed by atoms with Crippen LogP contribution >= 0.6 is 0 Å². The van der Waals surface area contributed by atoms with Crippen LogP contribution in [0.3, 0.4) is 0 Å². The van der Waals surface area contributed by atoms with Crippen LogP contribution in [0.25, 0.3) is 45.3 Å². The van der Waals surface area contributed by atoms with E-state index in [-0.39, 0.29) is 0 Å². The van der Waals surface area contributed by atoms with Crippen molar-refractivity contribution in [1.82, 2.24) is 15.0 Å². The first kappa shape index (κ1) is 32.2. The summed E-state index contributed by atoms with van der Waals surface area (Å²) in [5.41, 5.74) is 14.2. The van der Waals surface area contributed by atoms with Gasteiger partial charge in [-0.15, -0.1) is 0 Å². The van der Waals surface area contributed by atoms with E-state index in [1.54, 1.807) is 0 Å². The molecule has 0 unspecified atom stereocenters. The van der Waals surface area contributed by atoms with Crippen molar-refractivity contribution >= 4 is 0 Å². The van der Waals surface area contributed by atoms with Crippen LogP contribution in [0.15, 0.2) is 212 Å². The molecule has 1 aromatic heterocycles. The molecular formula is C53H35N3. The first-order chi connectivity index (χ1) is 27.8. The van der Waals surface area contributed by atoms with Gasteiger partial charge in [-0.2, -0.15) is 0 Å². The van der Waals surface area contributed by atoms with Crippen LogP contribution in [0.2, 0.25) is 0 Å². The zero-order valence-corrected chi connectivity index (χ0v) is 30.5. The average molecular weight is 714 g/mol. The second-order valence-corrected chi connectivity index (χ2v) is 14.6. The van der Waals surface area contributed by atoms with E-state index >= 15 is 0 Å². The van der Waals surface area contributed by atoms with Gasteiger partial charge in [-0.3, -0.25) is 0 Å². The highest BCUT2D eigenvalue weighted by molar-refractivity contribution is 5.96. The summed E-state index contributed by atoms with van der Waals surface area (Å²) in [5, 5.41) is 0. The van der Waals surface area contributed by atoms with Gasteiger partial charge in [0.15, 0.2) is 17.5 Å². The Morgan fingerprint density at radius 2 is 0.607 bits per heavy atom. The summed E-state index contributed by atoms with van der Waals surface area (Å²) >= 11 is 0. The van der Waals surface area contributed by atoms with E-state index in [4.69, 9.17) is 15.0 Å². The molecule has 56 heavy (non-hydrogen) atoms. The van der Waals surface area contributed by atoms with Crippen molar-refractivity contribution in [3.63, 3.8) is 0 Å². The normalized spacial score (nSPS) is 14.0. The molecule has 2 aliphatic rings. The highest BCUT2D eigenvalue weighted by Crippen LogP contribution is 2.65. The molecule has 0 saturated heterocycles. The van der Waals surface area contributed by atoms with E-state index < -0.39 is 10.8 Å². The van der Waals surface area contributed by atoms with Crippen molar-refractivity contribution in [2.75, 3.05) is 0 Å². The highest BCUT2D eigenvalue weighted by Gasteiger charge is 2.57. The summed E-state index contributed by atoms with van der Waals surface area (Å²) in [4.78, 5) is 15.5. The van der Waals surface area contributed by atoms with E-state index in [0.29, 0.717) is 17.5 Å². The lowest BCUT2D eigenvalue weighted by Crippen LogP contribution is -2.44. The molecule has 11 rings (SSSR count). The third kappa shape index (κ3) is 4.49. The summed E-state index contributed by atoms with van der Waals surface area (Å²) in [7, 11) is 0. The van der Waals surface area contributed by atoms with Crippen LogP contribution in [-0.2, 0) is 10.8 Å². The molecule has 0 N–H and O–H groups in total. The van der Waals surface area contributed by atoms with Gasteiger partial charge in [0.25, 0.3) is 0 Å². The molecule has 1 spiro atoms. The molecule has 0 amide bonds. The zero-order chi connectivity index (χ0) is 37.1. The molecule has 0 radical (unpaired) electrons. The van der Waals surface area contributed by atoms with Crippen LogP contribution in [0, 0.1) is 0 Å². The van der Waals surface area contributed by atoms with Gasteiger partial charge in [0, 0.05) is 16.7 Å². The van der Waals surface area contributed by atoms with Crippen molar-refractivity contribution in [2.45, 2.75) is 10.8 Å². The molecule has 0 aliphatic heterocycles. The Morgan fingerprint density at radius 1 is 0.250 bits per heavy atom. The van der Waals surface area contributed by atoms with Crippen molar-refractivity contribution in [3.8, 4) is 45.3 Å². The minimum atomic E-state index is -0.611. The van der Waals surface area contributed by atoms with E-state index in [1.165, 1.54) is 50.1 Å². The van der Waals surface area contributed by atoms with E-state index in [9.17, 15) is 0 Å². The Kier molecular flexibility index (Phi) is 7.30. The Balaban J connectivity index is 1.25. The third-order valence-corrected chi connectivity index (χ3v) is 11.9. The topological polar surface area (TPSA) is 38.7 Å². The van der Waals surface area contributed by atoms with Gasteiger partial charge in [0.1, 0.15) is 0 Å². The largest absolute Gasteiger partial charge is 0.208 e. The Labute approximate surface area is 326 Å².